The van der Waals surface area contributed by atoms with Gasteiger partial charge in [0, 0.05) is 12.5 Å². The lowest BCUT2D eigenvalue weighted by Gasteiger charge is -2.06. The molecule has 1 aromatic rings. The van der Waals surface area contributed by atoms with Crippen LogP contribution in [-0.2, 0) is 12.6 Å². The third kappa shape index (κ3) is 2.95. The Bertz CT molecular complexity index is 292. The standard InChI is InChI=1S/C8H10F3N3/c1-5(12)4-6-2-3-7(14-13-6)8(9,10)11/h2-3,5H,4,12H2,1H3. The Kier molecular flexibility index (Phi) is 3.05. The molecule has 0 amide bonds. The van der Waals surface area contributed by atoms with Crippen molar-refractivity contribution in [2.75, 3.05) is 0 Å². The predicted octanol–water partition coefficient (Wildman–Crippen LogP) is 1.39. The second kappa shape index (κ2) is 3.91. The first kappa shape index (κ1) is 10.9. The minimum absolute atomic E-state index is 0.138. The van der Waals surface area contributed by atoms with Crippen LogP contribution in [0.2, 0.25) is 0 Å². The Labute approximate surface area is 79.1 Å². The lowest BCUT2D eigenvalue weighted by molar-refractivity contribution is -0.141. The molecular weight excluding hydrogens is 195 g/mol. The maximum absolute atomic E-state index is 12.1. The van der Waals surface area contributed by atoms with Gasteiger partial charge >= 0.3 is 6.18 Å². The normalized spacial score (nSPS) is 14.1. The van der Waals surface area contributed by atoms with Gasteiger partial charge in [0.15, 0.2) is 5.69 Å². The van der Waals surface area contributed by atoms with Gasteiger partial charge in [-0.2, -0.15) is 18.3 Å². The van der Waals surface area contributed by atoms with E-state index in [0.717, 1.165) is 6.07 Å². The summed E-state index contributed by atoms with van der Waals surface area (Å²) in [5, 5.41) is 6.51. The molecule has 0 aliphatic rings. The van der Waals surface area contributed by atoms with Gasteiger partial charge in [0.05, 0.1) is 5.69 Å². The predicted molar refractivity (Wildman–Crippen MR) is 44.4 cm³/mol. The van der Waals surface area contributed by atoms with Crippen molar-refractivity contribution in [2.24, 2.45) is 5.73 Å². The van der Waals surface area contributed by atoms with Gasteiger partial charge in [0.2, 0.25) is 0 Å². The summed E-state index contributed by atoms with van der Waals surface area (Å²) in [6.07, 6.45) is -4.01. The summed E-state index contributed by atoms with van der Waals surface area (Å²) in [7, 11) is 0. The summed E-state index contributed by atoms with van der Waals surface area (Å²) >= 11 is 0. The number of aromatic nitrogens is 2. The fourth-order valence-corrected chi connectivity index (χ4v) is 0.950. The summed E-state index contributed by atoms with van der Waals surface area (Å²) in [6, 6.07) is 2.06. The number of nitrogens with zero attached hydrogens (tertiary/aromatic N) is 2. The van der Waals surface area contributed by atoms with Crippen molar-refractivity contribution < 1.29 is 13.2 Å². The van der Waals surface area contributed by atoms with Gasteiger partial charge in [0.1, 0.15) is 0 Å². The largest absolute Gasteiger partial charge is 0.435 e. The second-order valence-corrected chi connectivity index (χ2v) is 3.09. The van der Waals surface area contributed by atoms with Crippen LogP contribution in [-0.4, -0.2) is 16.2 Å². The molecule has 1 aromatic heterocycles. The van der Waals surface area contributed by atoms with Crippen molar-refractivity contribution in [3.8, 4) is 0 Å². The fourth-order valence-electron chi connectivity index (χ4n) is 0.950. The lowest BCUT2D eigenvalue weighted by Crippen LogP contribution is -2.19. The van der Waals surface area contributed by atoms with Gasteiger partial charge in [-0.3, -0.25) is 0 Å². The van der Waals surface area contributed by atoms with Gasteiger partial charge in [-0.1, -0.05) is 0 Å². The van der Waals surface area contributed by atoms with Gasteiger partial charge in [0.25, 0.3) is 0 Å². The average Bonchev–Trinajstić information content (AvgIpc) is 2.02. The highest BCUT2D eigenvalue weighted by Gasteiger charge is 2.32. The van der Waals surface area contributed by atoms with E-state index < -0.39 is 11.9 Å². The quantitative estimate of drug-likeness (QED) is 0.793. The fraction of sp³-hybridized carbons (Fsp3) is 0.500. The van der Waals surface area contributed by atoms with E-state index in [2.05, 4.69) is 10.2 Å². The Morgan fingerprint density at radius 2 is 2.00 bits per heavy atom. The van der Waals surface area contributed by atoms with Crippen LogP contribution < -0.4 is 5.73 Å². The molecule has 1 atom stereocenters. The number of rotatable bonds is 2. The molecule has 1 unspecified atom stereocenters. The van der Waals surface area contributed by atoms with Crippen LogP contribution in [0.3, 0.4) is 0 Å². The molecule has 0 bridgehead atoms. The molecule has 0 aliphatic heterocycles. The summed E-state index contributed by atoms with van der Waals surface area (Å²) in [5.41, 5.74) is 4.94. The van der Waals surface area contributed by atoms with E-state index in [1.165, 1.54) is 6.07 Å². The molecule has 1 rings (SSSR count). The Morgan fingerprint density at radius 3 is 2.36 bits per heavy atom. The van der Waals surface area contributed by atoms with Crippen molar-refractivity contribution in [1.29, 1.82) is 0 Å². The number of nitrogens with two attached hydrogens (primary N) is 1. The minimum atomic E-state index is -4.43. The molecule has 6 heteroatoms. The van der Waals surface area contributed by atoms with Gasteiger partial charge in [-0.25, -0.2) is 0 Å². The first-order valence-electron chi connectivity index (χ1n) is 4.05. The van der Waals surface area contributed by atoms with E-state index in [0.29, 0.717) is 12.1 Å². The molecule has 14 heavy (non-hydrogen) atoms. The van der Waals surface area contributed by atoms with Crippen LogP contribution in [0.4, 0.5) is 13.2 Å². The molecule has 0 spiro atoms. The molecule has 0 aromatic carbocycles. The lowest BCUT2D eigenvalue weighted by atomic mass is 10.2. The zero-order chi connectivity index (χ0) is 10.8. The topological polar surface area (TPSA) is 51.8 Å². The van der Waals surface area contributed by atoms with Crippen molar-refractivity contribution in [1.82, 2.24) is 10.2 Å². The monoisotopic (exact) mass is 205 g/mol. The third-order valence-corrected chi connectivity index (χ3v) is 1.54. The number of halogens is 3. The zero-order valence-electron chi connectivity index (χ0n) is 7.54. The van der Waals surface area contributed by atoms with E-state index in [9.17, 15) is 13.2 Å². The molecule has 0 radical (unpaired) electrons. The maximum atomic E-state index is 12.1. The van der Waals surface area contributed by atoms with Crippen molar-refractivity contribution in [2.45, 2.75) is 25.6 Å². The van der Waals surface area contributed by atoms with Gasteiger partial charge < -0.3 is 5.73 Å². The highest BCUT2D eigenvalue weighted by Crippen LogP contribution is 2.26. The Balaban J connectivity index is 2.79. The molecule has 0 fully saturated rings. The third-order valence-electron chi connectivity index (χ3n) is 1.54. The highest BCUT2D eigenvalue weighted by molar-refractivity contribution is 5.10. The van der Waals surface area contributed by atoms with Crippen LogP contribution in [0.5, 0.6) is 0 Å². The van der Waals surface area contributed by atoms with Crippen LogP contribution in [0.15, 0.2) is 12.1 Å². The molecule has 3 nitrogen and oxygen atoms in total. The van der Waals surface area contributed by atoms with E-state index in [1.54, 1.807) is 6.92 Å². The number of hydrogen-bond donors (Lipinski definition) is 1. The SMILES string of the molecule is CC(N)Cc1ccc(C(F)(F)F)nn1. The van der Waals surface area contributed by atoms with Crippen LogP contribution in [0, 0.1) is 0 Å². The molecule has 2 N–H and O–H groups in total. The molecule has 0 aliphatic carbocycles. The summed E-state index contributed by atoms with van der Waals surface area (Å²) in [6.45, 7) is 1.75. The van der Waals surface area contributed by atoms with Crippen LogP contribution in [0.25, 0.3) is 0 Å². The number of hydrogen-bond acceptors (Lipinski definition) is 3. The summed E-state index contributed by atoms with van der Waals surface area (Å²) in [5.74, 6) is 0. The zero-order valence-corrected chi connectivity index (χ0v) is 7.54. The molecular formula is C8H10F3N3. The van der Waals surface area contributed by atoms with E-state index in [4.69, 9.17) is 5.73 Å². The first-order chi connectivity index (χ1) is 6.39. The maximum Gasteiger partial charge on any atom is 0.435 e. The van der Waals surface area contributed by atoms with Crippen molar-refractivity contribution in [3.05, 3.63) is 23.5 Å². The highest BCUT2D eigenvalue weighted by atomic mass is 19.4. The summed E-state index contributed by atoms with van der Waals surface area (Å²) < 4.78 is 36.2. The minimum Gasteiger partial charge on any atom is -0.328 e. The van der Waals surface area contributed by atoms with E-state index in [1.807, 2.05) is 0 Å². The smallest absolute Gasteiger partial charge is 0.328 e. The summed E-state index contributed by atoms with van der Waals surface area (Å²) in [4.78, 5) is 0. The Morgan fingerprint density at radius 1 is 1.36 bits per heavy atom. The van der Waals surface area contributed by atoms with Crippen molar-refractivity contribution >= 4 is 0 Å². The van der Waals surface area contributed by atoms with Crippen molar-refractivity contribution in [3.63, 3.8) is 0 Å². The van der Waals surface area contributed by atoms with Gasteiger partial charge in [-0.05, 0) is 19.1 Å². The van der Waals surface area contributed by atoms with Gasteiger partial charge in [-0.15, -0.1) is 5.10 Å². The second-order valence-electron chi connectivity index (χ2n) is 3.09. The van der Waals surface area contributed by atoms with Crippen LogP contribution in [0.1, 0.15) is 18.3 Å². The molecule has 0 saturated carbocycles. The average molecular weight is 205 g/mol. The molecule has 0 saturated heterocycles. The molecule has 1 heterocycles. The number of alkyl halides is 3. The Hall–Kier alpha value is -1.17. The first-order valence-corrected chi connectivity index (χ1v) is 4.05. The van der Waals surface area contributed by atoms with E-state index >= 15 is 0 Å². The molecule has 78 valence electrons. The van der Waals surface area contributed by atoms with E-state index in [-0.39, 0.29) is 6.04 Å². The van der Waals surface area contributed by atoms with Crippen LogP contribution >= 0.6 is 0 Å².